The molecule has 0 aliphatic carbocycles. The lowest BCUT2D eigenvalue weighted by Crippen LogP contribution is -2.19. The van der Waals surface area contributed by atoms with E-state index in [1.54, 1.807) is 35.1 Å². The Morgan fingerprint density at radius 3 is 2.92 bits per heavy atom. The van der Waals surface area contributed by atoms with Gasteiger partial charge in [0.2, 0.25) is 5.82 Å². The van der Waals surface area contributed by atoms with Gasteiger partial charge in [0.25, 0.3) is 5.91 Å². The number of tetrazole rings is 1. The van der Waals surface area contributed by atoms with Crippen molar-refractivity contribution in [3.8, 4) is 11.4 Å². The lowest BCUT2D eigenvalue weighted by Gasteiger charge is -2.12. The molecule has 1 aromatic carbocycles. The Bertz CT molecular complexity index is 841. The Morgan fingerprint density at radius 1 is 1.38 bits per heavy atom. The number of hydrogen-bond acceptors (Lipinski definition) is 5. The minimum atomic E-state index is -0.278. The number of H-pyrrole nitrogens is 1. The predicted molar refractivity (Wildman–Crippen MR) is 89.6 cm³/mol. The first-order valence-corrected chi connectivity index (χ1v) is 7.79. The SMILES string of the molecule is CC(C)Cn1nccc1C(=O)Nc1cc(Cl)ccc1-c1nn[nH]n1. The molecule has 3 aromatic rings. The smallest absolute Gasteiger partial charge is 0.273 e. The van der Waals surface area contributed by atoms with Crippen LogP contribution in [0.25, 0.3) is 11.4 Å². The Labute approximate surface area is 143 Å². The van der Waals surface area contributed by atoms with Crippen molar-refractivity contribution in [2.75, 3.05) is 5.32 Å². The molecule has 2 heterocycles. The molecular weight excluding hydrogens is 330 g/mol. The van der Waals surface area contributed by atoms with Crippen LogP contribution >= 0.6 is 11.6 Å². The van der Waals surface area contributed by atoms with E-state index in [-0.39, 0.29) is 5.91 Å². The number of carbonyl (C=O) groups is 1. The molecule has 0 radical (unpaired) electrons. The number of halogens is 1. The second kappa shape index (κ2) is 6.79. The van der Waals surface area contributed by atoms with Crippen LogP contribution < -0.4 is 5.32 Å². The van der Waals surface area contributed by atoms with Crippen molar-refractivity contribution in [3.05, 3.63) is 41.2 Å². The van der Waals surface area contributed by atoms with Crippen molar-refractivity contribution < 1.29 is 4.79 Å². The highest BCUT2D eigenvalue weighted by Crippen LogP contribution is 2.28. The summed E-state index contributed by atoms with van der Waals surface area (Å²) in [6, 6.07) is 6.75. The van der Waals surface area contributed by atoms with E-state index < -0.39 is 0 Å². The van der Waals surface area contributed by atoms with Gasteiger partial charge in [0, 0.05) is 23.3 Å². The maximum absolute atomic E-state index is 12.6. The normalized spacial score (nSPS) is 11.0. The molecule has 0 bridgehead atoms. The molecule has 0 unspecified atom stereocenters. The van der Waals surface area contributed by atoms with E-state index in [4.69, 9.17) is 11.6 Å². The van der Waals surface area contributed by atoms with Gasteiger partial charge in [-0.2, -0.15) is 10.3 Å². The number of benzene rings is 1. The molecule has 1 amide bonds. The van der Waals surface area contributed by atoms with Crippen LogP contribution in [0.2, 0.25) is 5.02 Å². The molecule has 0 saturated heterocycles. The first-order chi connectivity index (χ1) is 11.5. The molecule has 3 rings (SSSR count). The highest BCUT2D eigenvalue weighted by atomic mass is 35.5. The van der Waals surface area contributed by atoms with Gasteiger partial charge in [-0.15, -0.1) is 10.2 Å². The van der Waals surface area contributed by atoms with Crippen LogP contribution in [-0.2, 0) is 6.54 Å². The van der Waals surface area contributed by atoms with Gasteiger partial charge in [-0.3, -0.25) is 9.48 Å². The van der Waals surface area contributed by atoms with Gasteiger partial charge < -0.3 is 5.32 Å². The Balaban J connectivity index is 1.90. The fourth-order valence-electron chi connectivity index (χ4n) is 2.29. The maximum atomic E-state index is 12.6. The van der Waals surface area contributed by atoms with Gasteiger partial charge in [0.05, 0.1) is 5.69 Å². The molecule has 24 heavy (non-hydrogen) atoms. The Kier molecular flexibility index (Phi) is 4.57. The molecule has 0 fully saturated rings. The van der Waals surface area contributed by atoms with E-state index >= 15 is 0 Å². The molecule has 0 aliphatic heterocycles. The second-order valence-electron chi connectivity index (χ2n) is 5.67. The third kappa shape index (κ3) is 3.43. The minimum Gasteiger partial charge on any atom is -0.320 e. The maximum Gasteiger partial charge on any atom is 0.273 e. The topological polar surface area (TPSA) is 101 Å². The van der Waals surface area contributed by atoms with E-state index in [1.165, 1.54) is 0 Å². The first-order valence-electron chi connectivity index (χ1n) is 7.41. The summed E-state index contributed by atoms with van der Waals surface area (Å²) >= 11 is 6.05. The number of rotatable bonds is 5. The molecule has 9 heteroatoms. The average molecular weight is 346 g/mol. The fourth-order valence-corrected chi connectivity index (χ4v) is 2.47. The van der Waals surface area contributed by atoms with Crippen LogP contribution in [0.4, 0.5) is 5.69 Å². The largest absolute Gasteiger partial charge is 0.320 e. The number of anilines is 1. The van der Waals surface area contributed by atoms with E-state index in [0.29, 0.717) is 40.3 Å². The molecule has 2 N–H and O–H groups in total. The zero-order valence-corrected chi connectivity index (χ0v) is 13.9. The summed E-state index contributed by atoms with van der Waals surface area (Å²) in [7, 11) is 0. The van der Waals surface area contributed by atoms with Crippen LogP contribution in [0, 0.1) is 5.92 Å². The van der Waals surface area contributed by atoms with Gasteiger partial charge in [-0.25, -0.2) is 0 Å². The summed E-state index contributed by atoms with van der Waals surface area (Å²) < 4.78 is 1.68. The van der Waals surface area contributed by atoms with Gasteiger partial charge in [0.1, 0.15) is 5.69 Å². The number of aromatic amines is 1. The quantitative estimate of drug-likeness (QED) is 0.740. The first kappa shape index (κ1) is 16.1. The highest BCUT2D eigenvalue weighted by molar-refractivity contribution is 6.31. The van der Waals surface area contributed by atoms with Crippen LogP contribution in [0.1, 0.15) is 24.3 Å². The van der Waals surface area contributed by atoms with Crippen molar-refractivity contribution >= 4 is 23.2 Å². The summed E-state index contributed by atoms with van der Waals surface area (Å²) in [6.07, 6.45) is 1.61. The molecule has 8 nitrogen and oxygen atoms in total. The van der Waals surface area contributed by atoms with Crippen molar-refractivity contribution in [3.63, 3.8) is 0 Å². The van der Waals surface area contributed by atoms with E-state index in [9.17, 15) is 4.79 Å². The lowest BCUT2D eigenvalue weighted by molar-refractivity contribution is 0.101. The van der Waals surface area contributed by atoms with Gasteiger partial charge in [0.15, 0.2) is 0 Å². The molecule has 124 valence electrons. The van der Waals surface area contributed by atoms with Crippen LogP contribution in [0.5, 0.6) is 0 Å². The monoisotopic (exact) mass is 345 g/mol. The third-order valence-electron chi connectivity index (χ3n) is 3.30. The summed E-state index contributed by atoms with van der Waals surface area (Å²) in [4.78, 5) is 12.6. The number of nitrogens with zero attached hydrogens (tertiary/aromatic N) is 5. The third-order valence-corrected chi connectivity index (χ3v) is 3.54. The van der Waals surface area contributed by atoms with Crippen LogP contribution in [0.3, 0.4) is 0 Å². The molecule has 0 atom stereocenters. The lowest BCUT2D eigenvalue weighted by atomic mass is 10.1. The zero-order chi connectivity index (χ0) is 17.1. The summed E-state index contributed by atoms with van der Waals surface area (Å²) in [5, 5.41) is 21.4. The number of carbonyl (C=O) groups excluding carboxylic acids is 1. The summed E-state index contributed by atoms with van der Waals surface area (Å²) in [6.45, 7) is 4.78. The highest BCUT2D eigenvalue weighted by Gasteiger charge is 2.17. The predicted octanol–water partition coefficient (Wildman–Crippen LogP) is 2.62. The van der Waals surface area contributed by atoms with Crippen molar-refractivity contribution in [1.29, 1.82) is 0 Å². The van der Waals surface area contributed by atoms with Gasteiger partial charge >= 0.3 is 0 Å². The number of nitrogens with one attached hydrogen (secondary N) is 2. The Morgan fingerprint density at radius 2 is 2.21 bits per heavy atom. The van der Waals surface area contributed by atoms with Crippen molar-refractivity contribution in [1.82, 2.24) is 30.4 Å². The van der Waals surface area contributed by atoms with Crippen molar-refractivity contribution in [2.45, 2.75) is 20.4 Å². The van der Waals surface area contributed by atoms with Crippen LogP contribution in [-0.4, -0.2) is 36.3 Å². The molecule has 0 aliphatic rings. The van der Waals surface area contributed by atoms with Gasteiger partial charge in [-0.1, -0.05) is 25.4 Å². The molecule has 2 aromatic heterocycles. The number of aromatic nitrogens is 6. The summed E-state index contributed by atoms with van der Waals surface area (Å²) in [5.74, 6) is 0.468. The minimum absolute atomic E-state index is 0.278. The van der Waals surface area contributed by atoms with E-state index in [1.807, 2.05) is 0 Å². The molecular formula is C15H16ClN7O. The number of amides is 1. The summed E-state index contributed by atoms with van der Waals surface area (Å²) in [5.41, 5.74) is 1.60. The standard InChI is InChI=1S/C15H16ClN7O/c1-9(2)8-23-13(5-6-17-23)15(24)18-12-7-10(16)3-4-11(12)14-19-21-22-20-14/h3-7,9H,8H2,1-2H3,(H,18,24)(H,19,20,21,22). The van der Waals surface area contributed by atoms with Crippen LogP contribution in [0.15, 0.2) is 30.5 Å². The average Bonchev–Trinajstić information content (AvgIpc) is 3.18. The zero-order valence-electron chi connectivity index (χ0n) is 13.2. The molecule has 0 saturated carbocycles. The fraction of sp³-hybridized carbons (Fsp3) is 0.267. The van der Waals surface area contributed by atoms with Crippen molar-refractivity contribution in [2.24, 2.45) is 5.92 Å². The van der Waals surface area contributed by atoms with E-state index in [0.717, 1.165) is 0 Å². The Hall–Kier alpha value is -2.74. The number of hydrogen-bond donors (Lipinski definition) is 2. The van der Waals surface area contributed by atoms with Gasteiger partial charge in [-0.05, 0) is 35.4 Å². The molecule has 0 spiro atoms. The second-order valence-corrected chi connectivity index (χ2v) is 6.11. The van der Waals surface area contributed by atoms with E-state index in [2.05, 4.69) is 44.9 Å².